The van der Waals surface area contributed by atoms with E-state index < -0.39 is 26.5 Å². The molecule has 0 bridgehead atoms. The van der Waals surface area contributed by atoms with Gasteiger partial charge >= 0.3 is 0 Å². The molecule has 1 aliphatic heterocycles. The first-order chi connectivity index (χ1) is 28.6. The zero-order valence-electron chi connectivity index (χ0n) is 39.5. The van der Waals surface area contributed by atoms with E-state index in [9.17, 15) is 8.42 Å². The van der Waals surface area contributed by atoms with Crippen LogP contribution in [0.25, 0.3) is 0 Å². The van der Waals surface area contributed by atoms with Gasteiger partial charge in [-0.2, -0.15) is 0 Å². The molecule has 2 aromatic rings. The monoisotopic (exact) mass is 895 g/mol. The van der Waals surface area contributed by atoms with Crippen molar-refractivity contribution >= 4 is 26.5 Å². The second kappa shape index (κ2) is 25.5. The van der Waals surface area contributed by atoms with Gasteiger partial charge in [0.2, 0.25) is 0 Å². The van der Waals surface area contributed by atoms with E-state index in [1.807, 2.05) is 24.3 Å². The third-order valence-corrected chi connectivity index (χ3v) is 25.0. The molecule has 0 radical (unpaired) electrons. The predicted octanol–water partition coefficient (Wildman–Crippen LogP) is 11.3. The average Bonchev–Trinajstić information content (AvgIpc) is 3.67. The van der Waals surface area contributed by atoms with Crippen molar-refractivity contribution in [2.75, 3.05) is 33.9 Å². The number of ether oxygens (including phenoxy) is 6. The van der Waals surface area contributed by atoms with Crippen LogP contribution in [0.15, 0.2) is 53.4 Å². The normalized spacial score (nSPS) is 20.6. The lowest BCUT2D eigenvalue weighted by Gasteiger charge is -2.44. The lowest BCUT2D eigenvalue weighted by Crippen LogP contribution is -2.50. The Morgan fingerprint density at radius 2 is 1.35 bits per heavy atom. The smallest absolute Gasteiger partial charge is 0.192 e. The highest BCUT2D eigenvalue weighted by molar-refractivity contribution is 7.91. The summed E-state index contributed by atoms with van der Waals surface area (Å²) >= 11 is 0. The van der Waals surface area contributed by atoms with Crippen LogP contribution in [0.3, 0.4) is 0 Å². The second-order valence-corrected chi connectivity index (χ2v) is 28.8. The standard InChI is InChI=1S/C47H82O10SSi2/c1-14-59(15-2,16-3)56-42(29-30-58(48,49)40-23-21-20-22-24-40)38(10)47(57-60(17-4,18-5)19-6)35(7)25-27-41(37(9)46-36(8)31-45(52-13)55-46)54-34-53-33-39-26-28-43(50-11)44(32-39)51-12/h20-24,26,28,32,35-38,41-42,45-47H,14-19,25,27,29-31,33-34H2,1-13H3/t35-,36+,37-,38+,41+,42-,45?,46+,47-/m0/s1. The summed E-state index contributed by atoms with van der Waals surface area (Å²) in [6.45, 7) is 23.1. The van der Waals surface area contributed by atoms with Crippen LogP contribution >= 0.6 is 0 Å². The molecular weight excluding hydrogens is 813 g/mol. The van der Waals surface area contributed by atoms with Crippen molar-refractivity contribution in [2.45, 2.75) is 173 Å². The van der Waals surface area contributed by atoms with Gasteiger partial charge in [0.05, 0.1) is 55.9 Å². The van der Waals surface area contributed by atoms with Gasteiger partial charge < -0.3 is 37.3 Å². The van der Waals surface area contributed by atoms with Gasteiger partial charge in [0.1, 0.15) is 6.79 Å². The minimum Gasteiger partial charge on any atom is -0.493 e. The number of benzene rings is 2. The molecule has 1 unspecified atom stereocenters. The van der Waals surface area contributed by atoms with Crippen LogP contribution in [0.4, 0.5) is 0 Å². The van der Waals surface area contributed by atoms with Gasteiger partial charge in [-0.1, -0.05) is 93.5 Å². The molecule has 13 heteroatoms. The van der Waals surface area contributed by atoms with Gasteiger partial charge in [0, 0.05) is 25.4 Å². The highest BCUT2D eigenvalue weighted by Gasteiger charge is 2.43. The van der Waals surface area contributed by atoms with Crippen LogP contribution < -0.4 is 9.47 Å². The Labute approximate surface area is 367 Å². The van der Waals surface area contributed by atoms with Crippen LogP contribution in [0, 0.1) is 23.7 Å². The van der Waals surface area contributed by atoms with Gasteiger partial charge in [0.15, 0.2) is 44.3 Å². The number of methoxy groups -OCH3 is 3. The Balaban J connectivity index is 1.93. The Bertz CT molecular complexity index is 1590. The zero-order valence-corrected chi connectivity index (χ0v) is 42.3. The first-order valence-electron chi connectivity index (χ1n) is 22.9. The minimum atomic E-state index is -3.50. The maximum Gasteiger partial charge on any atom is 0.192 e. The van der Waals surface area contributed by atoms with E-state index in [2.05, 4.69) is 69.2 Å². The van der Waals surface area contributed by atoms with Crippen LogP contribution in [0.1, 0.15) is 100 Å². The van der Waals surface area contributed by atoms with Crippen molar-refractivity contribution in [3.63, 3.8) is 0 Å². The highest BCUT2D eigenvalue weighted by Crippen LogP contribution is 2.39. The van der Waals surface area contributed by atoms with Crippen LogP contribution in [0.2, 0.25) is 36.3 Å². The van der Waals surface area contributed by atoms with Crippen molar-refractivity contribution in [2.24, 2.45) is 23.7 Å². The van der Waals surface area contributed by atoms with E-state index in [4.69, 9.17) is 37.3 Å². The Kier molecular flexibility index (Phi) is 22.3. The van der Waals surface area contributed by atoms with Crippen LogP contribution in [-0.4, -0.2) is 89.6 Å². The topological polar surface area (TPSA) is 108 Å². The van der Waals surface area contributed by atoms with Crippen LogP contribution in [-0.2, 0) is 44.2 Å². The molecule has 0 aromatic heterocycles. The number of rotatable bonds is 30. The minimum absolute atomic E-state index is 0.0213. The quantitative estimate of drug-likeness (QED) is 0.0427. The Morgan fingerprint density at radius 1 is 0.750 bits per heavy atom. The van der Waals surface area contributed by atoms with E-state index in [1.165, 1.54) is 0 Å². The molecule has 10 nitrogen and oxygen atoms in total. The maximum absolute atomic E-state index is 13.7. The van der Waals surface area contributed by atoms with Gasteiger partial charge in [-0.25, -0.2) is 8.42 Å². The predicted molar refractivity (Wildman–Crippen MR) is 248 cm³/mol. The molecule has 2 aromatic carbocycles. The maximum atomic E-state index is 13.7. The number of hydrogen-bond donors (Lipinski definition) is 0. The molecule has 0 N–H and O–H groups in total. The molecule has 0 amide bonds. The molecule has 0 saturated carbocycles. The van der Waals surface area contributed by atoms with Crippen molar-refractivity contribution in [3.05, 3.63) is 54.1 Å². The van der Waals surface area contributed by atoms with Gasteiger partial charge in [-0.3, -0.25) is 0 Å². The van der Waals surface area contributed by atoms with E-state index in [0.717, 1.165) is 61.1 Å². The fourth-order valence-electron chi connectivity index (χ4n) is 9.17. The first-order valence-corrected chi connectivity index (χ1v) is 29.6. The third-order valence-electron chi connectivity index (χ3n) is 13.9. The van der Waals surface area contributed by atoms with Crippen molar-refractivity contribution in [1.29, 1.82) is 0 Å². The fraction of sp³-hybridized carbons (Fsp3) is 0.745. The molecule has 1 fully saturated rings. The summed E-state index contributed by atoms with van der Waals surface area (Å²) in [5.74, 6) is 1.87. The summed E-state index contributed by atoms with van der Waals surface area (Å²) in [5.41, 5.74) is 0.962. The molecule has 1 saturated heterocycles. The van der Waals surface area contributed by atoms with Crippen LogP contribution in [0.5, 0.6) is 11.5 Å². The summed E-state index contributed by atoms with van der Waals surface area (Å²) in [6.07, 6.45) is 2.13. The molecular formula is C47H82O10SSi2. The Morgan fingerprint density at radius 3 is 1.90 bits per heavy atom. The summed E-state index contributed by atoms with van der Waals surface area (Å²) < 4.78 is 78.2. The van der Waals surface area contributed by atoms with Crippen molar-refractivity contribution in [3.8, 4) is 11.5 Å². The van der Waals surface area contributed by atoms with E-state index >= 15 is 0 Å². The lowest BCUT2D eigenvalue weighted by atomic mass is 9.82. The largest absolute Gasteiger partial charge is 0.493 e. The number of sulfone groups is 1. The number of hydrogen-bond acceptors (Lipinski definition) is 10. The fourth-order valence-corrected chi connectivity index (χ4v) is 16.5. The summed E-state index contributed by atoms with van der Waals surface area (Å²) in [5, 5.41) is 0. The van der Waals surface area contributed by atoms with Gasteiger partial charge in [-0.15, -0.1) is 0 Å². The molecule has 1 heterocycles. The van der Waals surface area contributed by atoms with E-state index in [-0.39, 0.29) is 61.0 Å². The highest BCUT2D eigenvalue weighted by atomic mass is 32.2. The van der Waals surface area contributed by atoms with E-state index in [0.29, 0.717) is 35.3 Å². The molecule has 0 spiro atoms. The molecule has 1 aliphatic rings. The third kappa shape index (κ3) is 14.4. The first kappa shape index (κ1) is 52.5. The molecule has 60 heavy (non-hydrogen) atoms. The molecule has 3 rings (SSSR count). The lowest BCUT2D eigenvalue weighted by molar-refractivity contribution is -0.162. The van der Waals surface area contributed by atoms with E-state index in [1.54, 1.807) is 45.6 Å². The van der Waals surface area contributed by atoms with Gasteiger partial charge in [0.25, 0.3) is 0 Å². The van der Waals surface area contributed by atoms with Crippen molar-refractivity contribution < 1.29 is 45.7 Å². The summed E-state index contributed by atoms with van der Waals surface area (Å²) in [7, 11) is -2.77. The Hall–Kier alpha value is -1.82. The second-order valence-electron chi connectivity index (χ2n) is 17.3. The summed E-state index contributed by atoms with van der Waals surface area (Å²) in [6, 6.07) is 20.7. The van der Waals surface area contributed by atoms with Crippen molar-refractivity contribution in [1.82, 2.24) is 0 Å². The zero-order chi connectivity index (χ0) is 44.5. The molecule has 0 aliphatic carbocycles. The molecule has 9 atom stereocenters. The molecule has 344 valence electrons. The van der Waals surface area contributed by atoms with Gasteiger partial charge in [-0.05, 0) is 97.2 Å². The summed E-state index contributed by atoms with van der Waals surface area (Å²) in [4.78, 5) is 0.363. The average molecular weight is 895 g/mol. The SMILES string of the molecule is CC[Si](CC)(CC)O[C@H]([C@H](C)[C@H](CCS(=O)(=O)c1ccccc1)O[Si](CC)(CC)CC)[C@@H](C)CC[C@@H](OCOCc1ccc(OC)c(OC)c1)[C@H](C)[C@@H]1OC(OC)C[C@H]1C.